The maximum atomic E-state index is 4.09. The van der Waals surface area contributed by atoms with Gasteiger partial charge in [0.1, 0.15) is 0 Å². The van der Waals surface area contributed by atoms with Crippen LogP contribution in [0.2, 0.25) is 0 Å². The van der Waals surface area contributed by atoms with Crippen molar-refractivity contribution in [3.8, 4) is 11.3 Å². The van der Waals surface area contributed by atoms with Gasteiger partial charge in [-0.3, -0.25) is 4.98 Å². The molecule has 2 heteroatoms. The summed E-state index contributed by atoms with van der Waals surface area (Å²) in [6.07, 6.45) is 3.69. The molecule has 0 fully saturated rings. The van der Waals surface area contributed by atoms with Gasteiger partial charge in [0.05, 0.1) is 0 Å². The summed E-state index contributed by atoms with van der Waals surface area (Å²) in [5, 5.41) is 1.29. The van der Waals surface area contributed by atoms with E-state index in [1.54, 1.807) is 0 Å². The number of benzene rings is 1. The lowest BCUT2D eigenvalue weighted by Crippen LogP contribution is -2.02. The zero-order valence-corrected chi connectivity index (χ0v) is 10.7. The van der Waals surface area contributed by atoms with E-state index in [0.717, 1.165) is 0 Å². The summed E-state index contributed by atoms with van der Waals surface area (Å²) in [6, 6.07) is 15.3. The van der Waals surface area contributed by atoms with Gasteiger partial charge in [-0.2, -0.15) is 0 Å². The van der Waals surface area contributed by atoms with Crippen LogP contribution in [0.3, 0.4) is 0 Å². The molecule has 1 aromatic carbocycles. The van der Waals surface area contributed by atoms with E-state index >= 15 is 0 Å². The van der Waals surface area contributed by atoms with Crippen molar-refractivity contribution in [2.24, 2.45) is 0 Å². The van der Waals surface area contributed by atoms with Crippen LogP contribution in [0, 0.1) is 0 Å². The fourth-order valence-corrected chi connectivity index (χ4v) is 2.48. The van der Waals surface area contributed by atoms with E-state index < -0.39 is 0 Å². The second-order valence-corrected chi connectivity index (χ2v) is 4.79. The van der Waals surface area contributed by atoms with Gasteiger partial charge in [-0.25, -0.2) is 0 Å². The maximum Gasteiger partial charge on any atom is 0.0494 e. The van der Waals surface area contributed by atoms with E-state index in [2.05, 4.69) is 65.9 Å². The monoisotopic (exact) mass is 236 g/mol. The lowest BCUT2D eigenvalue weighted by Gasteiger charge is -2.14. The average Bonchev–Trinajstić information content (AvgIpc) is 2.79. The molecule has 2 heterocycles. The SMILES string of the molecule is CC(C)n1c(-c2ccncc2)cc2ccccc21. The quantitative estimate of drug-likeness (QED) is 0.649. The fraction of sp³-hybridized carbons (Fsp3) is 0.188. The number of hydrogen-bond donors (Lipinski definition) is 0. The first-order valence-electron chi connectivity index (χ1n) is 6.28. The highest BCUT2D eigenvalue weighted by atomic mass is 15.0. The van der Waals surface area contributed by atoms with E-state index in [4.69, 9.17) is 0 Å². The molecule has 0 bridgehead atoms. The van der Waals surface area contributed by atoms with Crippen molar-refractivity contribution >= 4 is 10.9 Å². The molecule has 0 aliphatic carbocycles. The molecular formula is C16H16N2. The Balaban J connectivity index is 2.32. The van der Waals surface area contributed by atoms with Crippen LogP contribution in [0.1, 0.15) is 19.9 Å². The first-order chi connectivity index (χ1) is 8.77. The molecule has 0 saturated heterocycles. The van der Waals surface area contributed by atoms with Crippen LogP contribution >= 0.6 is 0 Å². The normalized spacial score (nSPS) is 11.3. The Bertz CT molecular complexity index is 666. The summed E-state index contributed by atoms with van der Waals surface area (Å²) in [5.74, 6) is 0. The maximum absolute atomic E-state index is 4.09. The molecule has 0 aliphatic heterocycles. The van der Waals surface area contributed by atoms with Crippen molar-refractivity contribution in [2.45, 2.75) is 19.9 Å². The number of nitrogens with zero attached hydrogens (tertiary/aromatic N) is 2. The van der Waals surface area contributed by atoms with Crippen LogP contribution in [-0.2, 0) is 0 Å². The zero-order chi connectivity index (χ0) is 12.5. The largest absolute Gasteiger partial charge is 0.338 e. The van der Waals surface area contributed by atoms with Gasteiger partial charge in [-0.15, -0.1) is 0 Å². The standard InChI is InChI=1S/C16H16N2/c1-12(2)18-15-6-4-3-5-14(15)11-16(18)13-7-9-17-10-8-13/h3-12H,1-2H3. The molecule has 0 amide bonds. The molecule has 90 valence electrons. The van der Waals surface area contributed by atoms with Crippen molar-refractivity contribution in [2.75, 3.05) is 0 Å². The highest BCUT2D eigenvalue weighted by Crippen LogP contribution is 2.30. The topological polar surface area (TPSA) is 17.8 Å². The van der Waals surface area contributed by atoms with Gasteiger partial charge in [-0.1, -0.05) is 18.2 Å². The fourth-order valence-electron chi connectivity index (χ4n) is 2.48. The molecule has 18 heavy (non-hydrogen) atoms. The molecule has 0 aliphatic rings. The minimum Gasteiger partial charge on any atom is -0.338 e. The number of hydrogen-bond acceptors (Lipinski definition) is 1. The number of para-hydroxylation sites is 1. The second kappa shape index (κ2) is 4.30. The Morgan fingerprint density at radius 3 is 2.44 bits per heavy atom. The molecule has 0 radical (unpaired) electrons. The molecule has 0 spiro atoms. The summed E-state index contributed by atoms with van der Waals surface area (Å²) in [4.78, 5) is 4.09. The van der Waals surface area contributed by atoms with Crippen molar-refractivity contribution < 1.29 is 0 Å². The molecule has 0 unspecified atom stereocenters. The minimum absolute atomic E-state index is 0.438. The van der Waals surface area contributed by atoms with Crippen LogP contribution in [0.25, 0.3) is 22.2 Å². The van der Waals surface area contributed by atoms with Crippen molar-refractivity contribution in [3.63, 3.8) is 0 Å². The molecule has 3 rings (SSSR count). The molecular weight excluding hydrogens is 220 g/mol. The van der Waals surface area contributed by atoms with Crippen LogP contribution in [-0.4, -0.2) is 9.55 Å². The van der Waals surface area contributed by atoms with Crippen molar-refractivity contribution in [1.82, 2.24) is 9.55 Å². The van der Waals surface area contributed by atoms with E-state index in [9.17, 15) is 0 Å². The predicted molar refractivity (Wildman–Crippen MR) is 75.6 cm³/mol. The van der Waals surface area contributed by atoms with Gasteiger partial charge in [-0.05, 0) is 38.1 Å². The summed E-state index contributed by atoms with van der Waals surface area (Å²) in [6.45, 7) is 4.44. The Labute approximate surface area is 107 Å². The van der Waals surface area contributed by atoms with Crippen molar-refractivity contribution in [1.29, 1.82) is 0 Å². The van der Waals surface area contributed by atoms with Gasteiger partial charge in [0.15, 0.2) is 0 Å². The van der Waals surface area contributed by atoms with Gasteiger partial charge in [0.25, 0.3) is 0 Å². The molecule has 0 N–H and O–H groups in total. The van der Waals surface area contributed by atoms with Crippen LogP contribution in [0.15, 0.2) is 54.9 Å². The highest BCUT2D eigenvalue weighted by Gasteiger charge is 2.12. The van der Waals surface area contributed by atoms with Gasteiger partial charge in [0.2, 0.25) is 0 Å². The lowest BCUT2D eigenvalue weighted by molar-refractivity contribution is 0.629. The summed E-state index contributed by atoms with van der Waals surface area (Å²) in [7, 11) is 0. The minimum atomic E-state index is 0.438. The predicted octanol–water partition coefficient (Wildman–Crippen LogP) is 4.28. The second-order valence-electron chi connectivity index (χ2n) is 4.79. The van der Waals surface area contributed by atoms with Crippen molar-refractivity contribution in [3.05, 3.63) is 54.9 Å². The number of pyridine rings is 1. The van der Waals surface area contributed by atoms with E-state index in [0.29, 0.717) is 6.04 Å². The zero-order valence-electron chi connectivity index (χ0n) is 10.7. The van der Waals surface area contributed by atoms with E-state index in [1.165, 1.54) is 22.2 Å². The Morgan fingerprint density at radius 2 is 1.72 bits per heavy atom. The Hall–Kier alpha value is -2.09. The first-order valence-corrected chi connectivity index (χ1v) is 6.28. The van der Waals surface area contributed by atoms with Crippen LogP contribution in [0.5, 0.6) is 0 Å². The van der Waals surface area contributed by atoms with Crippen LogP contribution < -0.4 is 0 Å². The number of fused-ring (bicyclic) bond motifs is 1. The third-order valence-corrected chi connectivity index (χ3v) is 3.24. The molecule has 0 atom stereocenters. The molecule has 0 saturated carbocycles. The number of rotatable bonds is 2. The third kappa shape index (κ3) is 1.70. The van der Waals surface area contributed by atoms with Gasteiger partial charge < -0.3 is 4.57 Å². The summed E-state index contributed by atoms with van der Waals surface area (Å²) < 4.78 is 2.38. The van der Waals surface area contributed by atoms with E-state index in [-0.39, 0.29) is 0 Å². The molecule has 3 aromatic rings. The smallest absolute Gasteiger partial charge is 0.0494 e. The first kappa shape index (κ1) is 11.0. The van der Waals surface area contributed by atoms with Gasteiger partial charge in [0, 0.05) is 40.6 Å². The summed E-state index contributed by atoms with van der Waals surface area (Å²) >= 11 is 0. The average molecular weight is 236 g/mol. The summed E-state index contributed by atoms with van der Waals surface area (Å²) in [5.41, 5.74) is 3.77. The van der Waals surface area contributed by atoms with Crippen LogP contribution in [0.4, 0.5) is 0 Å². The lowest BCUT2D eigenvalue weighted by atomic mass is 10.2. The molecule has 2 nitrogen and oxygen atoms in total. The number of aromatic nitrogens is 2. The Morgan fingerprint density at radius 1 is 1.00 bits per heavy atom. The Kier molecular flexibility index (Phi) is 2.63. The highest BCUT2D eigenvalue weighted by molar-refractivity contribution is 5.87. The van der Waals surface area contributed by atoms with Gasteiger partial charge >= 0.3 is 0 Å². The third-order valence-electron chi connectivity index (χ3n) is 3.24. The van der Waals surface area contributed by atoms with E-state index in [1.807, 2.05) is 12.4 Å². The molecule has 2 aromatic heterocycles.